The van der Waals surface area contributed by atoms with E-state index in [1.54, 1.807) is 0 Å². The number of hydrogen-bond donors (Lipinski definition) is 0. The molecule has 0 aliphatic carbocycles. The summed E-state index contributed by atoms with van der Waals surface area (Å²) in [5.74, 6) is 0. The molecule has 3 heterocycles. The first-order valence-corrected chi connectivity index (χ1v) is 18.9. The van der Waals surface area contributed by atoms with Gasteiger partial charge in [0.15, 0.2) is 0 Å². The minimum absolute atomic E-state index is 0.728. The lowest BCUT2D eigenvalue weighted by molar-refractivity contribution is 1.27. The summed E-state index contributed by atoms with van der Waals surface area (Å²) >= 11 is 0. The smallest absolute Gasteiger partial charge is 0.116 e. The highest BCUT2D eigenvalue weighted by molar-refractivity contribution is 6.22. The van der Waals surface area contributed by atoms with Crippen LogP contribution in [0.3, 0.4) is 0 Å². The highest BCUT2D eigenvalue weighted by Gasteiger charge is 2.24. The van der Waals surface area contributed by atoms with Gasteiger partial charge in [-0.25, -0.2) is 20.0 Å². The van der Waals surface area contributed by atoms with E-state index in [1.165, 1.54) is 32.7 Å². The molecule has 10 aromatic rings. The Labute approximate surface area is 323 Å². The fraction of sp³-hybridized carbons (Fsp3) is 0. The summed E-state index contributed by atoms with van der Waals surface area (Å²) in [4.78, 5) is 21.5. The van der Waals surface area contributed by atoms with Gasteiger partial charge in [-0.3, -0.25) is 0 Å². The molecule has 0 fully saturated rings. The fourth-order valence-electron chi connectivity index (χ4n) is 7.86. The zero-order valence-electron chi connectivity index (χ0n) is 30.3. The summed E-state index contributed by atoms with van der Waals surface area (Å²) in [7, 11) is 0. The molecule has 11 rings (SSSR count). The van der Waals surface area contributed by atoms with Gasteiger partial charge in [0.1, 0.15) is 11.4 Å². The maximum Gasteiger partial charge on any atom is 0.116 e. The number of pyridine rings is 2. The Bertz CT molecular complexity index is 3010. The summed E-state index contributed by atoms with van der Waals surface area (Å²) in [6.45, 7) is 0. The van der Waals surface area contributed by atoms with E-state index in [-0.39, 0.29) is 0 Å². The number of fused-ring (bicyclic) bond motifs is 6. The summed E-state index contributed by atoms with van der Waals surface area (Å²) in [5, 5.41) is 6.92. The van der Waals surface area contributed by atoms with Crippen molar-refractivity contribution in [3.63, 3.8) is 0 Å². The molecule has 0 radical (unpaired) electrons. The molecule has 0 saturated heterocycles. The van der Waals surface area contributed by atoms with Crippen LogP contribution in [0, 0.1) is 0 Å². The van der Waals surface area contributed by atoms with E-state index >= 15 is 0 Å². The third-order valence-electron chi connectivity index (χ3n) is 10.8. The monoisotopic (exact) mass is 712 g/mol. The Morgan fingerprint density at radius 2 is 0.589 bits per heavy atom. The normalized spacial score (nSPS) is 12.5. The van der Waals surface area contributed by atoms with Gasteiger partial charge in [-0.05, 0) is 80.2 Å². The molecule has 0 atom stereocenters. The van der Waals surface area contributed by atoms with Crippen LogP contribution >= 0.6 is 0 Å². The number of nitrogens with zero attached hydrogens (tertiary/aromatic N) is 4. The number of para-hydroxylation sites is 2. The van der Waals surface area contributed by atoms with E-state index < -0.39 is 0 Å². The molecule has 260 valence electrons. The Morgan fingerprint density at radius 1 is 0.250 bits per heavy atom. The van der Waals surface area contributed by atoms with Crippen LogP contribution < -0.4 is 0 Å². The van der Waals surface area contributed by atoms with Crippen LogP contribution in [0.1, 0.15) is 22.5 Å². The zero-order valence-corrected chi connectivity index (χ0v) is 30.3. The Balaban J connectivity index is 1.09. The molecule has 1 aliphatic rings. The first kappa shape index (κ1) is 31.9. The van der Waals surface area contributed by atoms with E-state index in [4.69, 9.17) is 20.0 Å². The predicted molar refractivity (Wildman–Crippen MR) is 233 cm³/mol. The van der Waals surface area contributed by atoms with Crippen molar-refractivity contribution in [3.05, 3.63) is 217 Å². The molecule has 0 saturated carbocycles. The minimum atomic E-state index is 0.728. The molecule has 0 amide bonds. The second kappa shape index (κ2) is 13.1. The van der Waals surface area contributed by atoms with Gasteiger partial charge >= 0.3 is 0 Å². The van der Waals surface area contributed by atoms with Gasteiger partial charge in [-0.2, -0.15) is 0 Å². The van der Waals surface area contributed by atoms with Crippen LogP contribution in [0.5, 0.6) is 0 Å². The van der Waals surface area contributed by atoms with Gasteiger partial charge < -0.3 is 0 Å². The third kappa shape index (κ3) is 5.64. The van der Waals surface area contributed by atoms with Gasteiger partial charge in [0.05, 0.1) is 33.8 Å². The maximum absolute atomic E-state index is 5.49. The number of aromatic nitrogens is 2. The van der Waals surface area contributed by atoms with Gasteiger partial charge in [0.25, 0.3) is 0 Å². The molecule has 0 spiro atoms. The van der Waals surface area contributed by atoms with E-state index in [1.807, 2.05) is 36.4 Å². The highest BCUT2D eigenvalue weighted by atomic mass is 14.9. The Morgan fingerprint density at radius 3 is 1.02 bits per heavy atom. The van der Waals surface area contributed by atoms with Gasteiger partial charge in [0.2, 0.25) is 0 Å². The first-order chi connectivity index (χ1) is 27.7. The van der Waals surface area contributed by atoms with Crippen molar-refractivity contribution >= 4 is 66.1 Å². The van der Waals surface area contributed by atoms with Crippen LogP contribution in [0.4, 0.5) is 11.4 Å². The highest BCUT2D eigenvalue weighted by Crippen LogP contribution is 2.36. The predicted octanol–water partition coefficient (Wildman–Crippen LogP) is 13.1. The van der Waals surface area contributed by atoms with E-state index in [0.29, 0.717) is 0 Å². The van der Waals surface area contributed by atoms with Crippen molar-refractivity contribution in [2.75, 3.05) is 0 Å². The average molecular weight is 713 g/mol. The second-order valence-corrected chi connectivity index (χ2v) is 14.3. The fourth-order valence-corrected chi connectivity index (χ4v) is 7.86. The van der Waals surface area contributed by atoms with Crippen LogP contribution in [0.15, 0.2) is 204 Å². The van der Waals surface area contributed by atoms with Crippen molar-refractivity contribution < 1.29 is 0 Å². The molecule has 2 aromatic heterocycles. The Kier molecular flexibility index (Phi) is 7.46. The molecule has 4 heteroatoms. The largest absolute Gasteiger partial charge is 0.244 e. The average Bonchev–Trinajstić information content (AvgIpc) is 3.26. The third-order valence-corrected chi connectivity index (χ3v) is 10.8. The number of hydrogen-bond acceptors (Lipinski definition) is 4. The molecule has 56 heavy (non-hydrogen) atoms. The Hall–Kier alpha value is -7.56. The first-order valence-electron chi connectivity index (χ1n) is 18.9. The van der Waals surface area contributed by atoms with Gasteiger partial charge in [-0.15, -0.1) is 0 Å². The van der Waals surface area contributed by atoms with Crippen molar-refractivity contribution in [2.24, 2.45) is 9.98 Å². The molecule has 1 aliphatic heterocycles. The molecule has 4 nitrogen and oxygen atoms in total. The molecule has 0 bridgehead atoms. The van der Waals surface area contributed by atoms with Crippen molar-refractivity contribution in [1.29, 1.82) is 0 Å². The quantitative estimate of drug-likeness (QED) is 0.182. The van der Waals surface area contributed by atoms with Gasteiger partial charge in [0, 0.05) is 21.9 Å². The van der Waals surface area contributed by atoms with E-state index in [2.05, 4.69) is 158 Å². The van der Waals surface area contributed by atoms with Crippen molar-refractivity contribution in [1.82, 2.24) is 9.97 Å². The zero-order chi connectivity index (χ0) is 37.0. The van der Waals surface area contributed by atoms with Crippen LogP contribution in [0.25, 0.3) is 65.6 Å². The number of rotatable bonds is 4. The van der Waals surface area contributed by atoms with Crippen molar-refractivity contribution in [3.8, 4) is 22.3 Å². The molecular formula is C52H32N4. The second-order valence-electron chi connectivity index (χ2n) is 14.3. The number of aliphatic imine (C=N–C) groups is 2. The standard InChI is InChI=1S/C52H32N4/c1-3-11-39-29-41(27-21-33(39)9-1)35-17-23-37(24-18-35)49-51-47(31-43-13-5-7-15-45(43)53-51)56-50(52-48(55-49)32-44-14-6-8-16-46(44)54-52)38-25-19-36(20-26-38)42-28-22-34-10-2-4-12-40(34)30-42/h1-32H. The topological polar surface area (TPSA) is 50.5 Å². The van der Waals surface area contributed by atoms with Gasteiger partial charge in [-0.1, -0.05) is 158 Å². The van der Waals surface area contributed by atoms with Crippen LogP contribution in [-0.2, 0) is 0 Å². The summed E-state index contributed by atoms with van der Waals surface area (Å²) in [6.07, 6.45) is 0. The molecular weight excluding hydrogens is 681 g/mol. The number of benzene rings is 8. The SMILES string of the molecule is c1ccc2cc(-c3ccc(C4=Nc5cc6ccccc6nc5C(c5ccc(-c6ccc7ccccc7c6)cc5)=Nc5cc6ccccc6nc54)cc3)ccc2c1. The lowest BCUT2D eigenvalue weighted by Crippen LogP contribution is -2.13. The van der Waals surface area contributed by atoms with Crippen LogP contribution in [0.2, 0.25) is 0 Å². The van der Waals surface area contributed by atoms with E-state index in [0.717, 1.165) is 78.2 Å². The van der Waals surface area contributed by atoms with Crippen molar-refractivity contribution in [2.45, 2.75) is 0 Å². The summed E-state index contributed by atoms with van der Waals surface area (Å²) in [5.41, 5.74) is 12.8. The maximum atomic E-state index is 5.49. The lowest BCUT2D eigenvalue weighted by atomic mass is 9.96. The van der Waals surface area contributed by atoms with Crippen LogP contribution in [-0.4, -0.2) is 21.4 Å². The molecule has 0 N–H and O–H groups in total. The van der Waals surface area contributed by atoms with E-state index in [9.17, 15) is 0 Å². The lowest BCUT2D eigenvalue weighted by Gasteiger charge is -2.18. The summed E-state index contributed by atoms with van der Waals surface area (Å²) in [6, 6.07) is 68.1. The molecule has 8 aromatic carbocycles. The summed E-state index contributed by atoms with van der Waals surface area (Å²) < 4.78 is 0. The molecule has 0 unspecified atom stereocenters. The minimum Gasteiger partial charge on any atom is -0.244 e.